The van der Waals surface area contributed by atoms with Crippen molar-refractivity contribution in [2.75, 3.05) is 12.3 Å². The summed E-state index contributed by atoms with van der Waals surface area (Å²) in [6.07, 6.45) is 2.38. The molecule has 0 spiro atoms. The Balaban J connectivity index is 1.89. The van der Waals surface area contributed by atoms with E-state index in [1.165, 1.54) is 23.1 Å². The molecule has 0 radical (unpaired) electrons. The van der Waals surface area contributed by atoms with Gasteiger partial charge in [0.1, 0.15) is 10.9 Å². The number of carbonyl (C=O) groups is 2. The lowest BCUT2D eigenvalue weighted by atomic mass is 10.0. The lowest BCUT2D eigenvalue weighted by molar-refractivity contribution is -0.138. The van der Waals surface area contributed by atoms with Crippen LogP contribution in [0.4, 0.5) is 0 Å². The molecule has 0 unspecified atom stereocenters. The van der Waals surface area contributed by atoms with E-state index in [1.807, 2.05) is 27.7 Å². The normalized spacial score (nSPS) is 17.5. The second kappa shape index (κ2) is 8.24. The first-order valence-electron chi connectivity index (χ1n) is 9.46. The van der Waals surface area contributed by atoms with Crippen LogP contribution in [-0.4, -0.2) is 44.6 Å². The Hall–Kier alpha value is -1.87. The molecule has 2 N–H and O–H groups in total. The molecule has 1 atom stereocenters. The highest BCUT2D eigenvalue weighted by atomic mass is 32.2. The Morgan fingerprint density at radius 2 is 2.04 bits per heavy atom. The van der Waals surface area contributed by atoms with Crippen LogP contribution in [0.2, 0.25) is 0 Å². The summed E-state index contributed by atoms with van der Waals surface area (Å²) in [7, 11) is 0. The van der Waals surface area contributed by atoms with Crippen molar-refractivity contribution in [3.05, 3.63) is 20.8 Å². The highest BCUT2D eigenvalue weighted by molar-refractivity contribution is 7.99. The Kier molecular flexibility index (Phi) is 6.14. The van der Waals surface area contributed by atoms with Crippen LogP contribution in [0.3, 0.4) is 0 Å². The number of hydrogen-bond donors (Lipinski definition) is 1. The van der Waals surface area contributed by atoms with E-state index in [0.29, 0.717) is 28.3 Å². The third kappa shape index (κ3) is 3.82. The van der Waals surface area contributed by atoms with Crippen molar-refractivity contribution in [3.63, 3.8) is 0 Å². The number of nitrogens with zero attached hydrogens (tertiary/aromatic N) is 3. The lowest BCUT2D eigenvalue weighted by Gasteiger charge is -2.33. The van der Waals surface area contributed by atoms with Gasteiger partial charge in [-0.05, 0) is 52.5 Å². The predicted octanol–water partition coefficient (Wildman–Crippen LogP) is 2.61. The molecule has 1 aliphatic rings. The number of hydrogen-bond acceptors (Lipinski definition) is 6. The number of thioether (sulfide) groups is 1. The van der Waals surface area contributed by atoms with E-state index in [1.54, 1.807) is 9.47 Å². The number of piperidine rings is 1. The Morgan fingerprint density at radius 3 is 2.68 bits per heavy atom. The Labute approximate surface area is 172 Å². The van der Waals surface area contributed by atoms with E-state index in [-0.39, 0.29) is 23.3 Å². The first-order chi connectivity index (χ1) is 13.2. The largest absolute Gasteiger partial charge is 0.368 e. The maximum absolute atomic E-state index is 13.1. The van der Waals surface area contributed by atoms with Crippen LogP contribution in [0.1, 0.15) is 49.6 Å². The molecule has 0 bridgehead atoms. The highest BCUT2D eigenvalue weighted by Crippen LogP contribution is 2.30. The first kappa shape index (κ1) is 20.9. The SMILES string of the molecule is Cc1sc2nc(SCC(=O)N3CCCC[C@@H]3C(N)=O)n(C(C)C)c(=O)c2c1C. The van der Waals surface area contributed by atoms with Crippen LogP contribution < -0.4 is 11.3 Å². The van der Waals surface area contributed by atoms with Crippen molar-refractivity contribution in [1.29, 1.82) is 0 Å². The summed E-state index contributed by atoms with van der Waals surface area (Å²) in [5.41, 5.74) is 6.37. The van der Waals surface area contributed by atoms with Crippen molar-refractivity contribution in [2.45, 2.75) is 64.2 Å². The van der Waals surface area contributed by atoms with Crippen LogP contribution in [0.15, 0.2) is 9.95 Å². The molecule has 0 saturated carbocycles. The fourth-order valence-electron chi connectivity index (χ4n) is 3.58. The van der Waals surface area contributed by atoms with Crippen molar-refractivity contribution in [1.82, 2.24) is 14.5 Å². The molecular weight excluding hydrogens is 396 g/mol. The van der Waals surface area contributed by atoms with Crippen LogP contribution in [-0.2, 0) is 9.59 Å². The van der Waals surface area contributed by atoms with Gasteiger partial charge in [0, 0.05) is 17.5 Å². The second-order valence-corrected chi connectivity index (χ2v) is 9.56. The smallest absolute Gasteiger partial charge is 0.263 e. The summed E-state index contributed by atoms with van der Waals surface area (Å²) in [5.74, 6) is -0.476. The zero-order chi connectivity index (χ0) is 20.6. The third-order valence-electron chi connectivity index (χ3n) is 5.20. The van der Waals surface area contributed by atoms with Gasteiger partial charge in [0.2, 0.25) is 11.8 Å². The van der Waals surface area contributed by atoms with Gasteiger partial charge in [-0.15, -0.1) is 11.3 Å². The number of aryl methyl sites for hydroxylation is 2. The van der Waals surface area contributed by atoms with Gasteiger partial charge >= 0.3 is 0 Å². The third-order valence-corrected chi connectivity index (χ3v) is 7.23. The molecule has 28 heavy (non-hydrogen) atoms. The van der Waals surface area contributed by atoms with Gasteiger partial charge < -0.3 is 10.6 Å². The lowest BCUT2D eigenvalue weighted by Crippen LogP contribution is -2.51. The molecule has 3 rings (SSSR count). The summed E-state index contributed by atoms with van der Waals surface area (Å²) >= 11 is 2.75. The van der Waals surface area contributed by atoms with Gasteiger partial charge in [0.25, 0.3) is 5.56 Å². The quantitative estimate of drug-likeness (QED) is 0.590. The van der Waals surface area contributed by atoms with E-state index in [0.717, 1.165) is 23.3 Å². The van der Waals surface area contributed by atoms with Crippen LogP contribution in [0.25, 0.3) is 10.2 Å². The Morgan fingerprint density at radius 1 is 1.32 bits per heavy atom. The zero-order valence-corrected chi connectivity index (χ0v) is 18.3. The molecule has 2 aromatic heterocycles. The summed E-state index contributed by atoms with van der Waals surface area (Å²) in [4.78, 5) is 45.6. The van der Waals surface area contributed by atoms with Crippen molar-refractivity contribution < 1.29 is 9.59 Å². The first-order valence-corrected chi connectivity index (χ1v) is 11.3. The van der Waals surface area contributed by atoms with Crippen LogP contribution in [0.5, 0.6) is 0 Å². The molecule has 2 amide bonds. The molecule has 0 aromatic carbocycles. The van der Waals surface area contributed by atoms with Crippen LogP contribution >= 0.6 is 23.1 Å². The minimum Gasteiger partial charge on any atom is -0.368 e. The standard InChI is InChI=1S/C19H26N4O3S2/c1-10(2)23-18(26)15-11(3)12(4)28-17(15)21-19(23)27-9-14(24)22-8-6-5-7-13(22)16(20)25/h10,13H,5-9H2,1-4H3,(H2,20,25)/t13-/m1/s1. The van der Waals surface area contributed by atoms with Crippen molar-refractivity contribution in [2.24, 2.45) is 5.73 Å². The summed E-state index contributed by atoms with van der Waals surface area (Å²) in [5, 5.41) is 1.20. The number of aromatic nitrogens is 2. The fraction of sp³-hybridized carbons (Fsp3) is 0.579. The van der Waals surface area contributed by atoms with Gasteiger partial charge in [-0.25, -0.2) is 4.98 Å². The average Bonchev–Trinajstić information content (AvgIpc) is 2.93. The van der Waals surface area contributed by atoms with Crippen molar-refractivity contribution >= 4 is 45.1 Å². The molecule has 0 aliphatic carbocycles. The second-order valence-electron chi connectivity index (χ2n) is 7.42. The topological polar surface area (TPSA) is 98.3 Å². The summed E-state index contributed by atoms with van der Waals surface area (Å²) in [6, 6.07) is -0.609. The summed E-state index contributed by atoms with van der Waals surface area (Å²) < 4.78 is 1.65. The molecule has 7 nitrogen and oxygen atoms in total. The number of likely N-dealkylation sites (tertiary alicyclic amines) is 1. The van der Waals surface area contributed by atoms with E-state index < -0.39 is 11.9 Å². The molecular formula is C19H26N4O3S2. The minimum atomic E-state index is -0.535. The number of nitrogens with two attached hydrogens (primary N) is 1. The van der Waals surface area contributed by atoms with E-state index in [9.17, 15) is 14.4 Å². The summed E-state index contributed by atoms with van der Waals surface area (Å²) in [6.45, 7) is 8.34. The molecule has 3 heterocycles. The molecule has 2 aromatic rings. The van der Waals surface area contributed by atoms with Gasteiger partial charge in [0.05, 0.1) is 11.1 Å². The molecule has 1 aliphatic heterocycles. The average molecular weight is 423 g/mol. The number of carbonyl (C=O) groups excluding carboxylic acids is 2. The monoisotopic (exact) mass is 422 g/mol. The molecule has 1 fully saturated rings. The maximum atomic E-state index is 13.1. The maximum Gasteiger partial charge on any atom is 0.263 e. The van der Waals surface area contributed by atoms with Gasteiger partial charge in [-0.1, -0.05) is 11.8 Å². The van der Waals surface area contributed by atoms with Crippen LogP contribution in [0, 0.1) is 13.8 Å². The molecule has 1 saturated heterocycles. The van der Waals surface area contributed by atoms with E-state index in [4.69, 9.17) is 10.7 Å². The van der Waals surface area contributed by atoms with E-state index >= 15 is 0 Å². The number of fused-ring (bicyclic) bond motifs is 1. The number of amides is 2. The minimum absolute atomic E-state index is 0.0650. The van der Waals surface area contributed by atoms with Crippen molar-refractivity contribution in [3.8, 4) is 0 Å². The van der Waals surface area contributed by atoms with Gasteiger partial charge in [-0.2, -0.15) is 0 Å². The molecule has 9 heteroatoms. The number of primary amides is 1. The highest BCUT2D eigenvalue weighted by Gasteiger charge is 2.30. The predicted molar refractivity (Wildman–Crippen MR) is 113 cm³/mol. The zero-order valence-electron chi connectivity index (χ0n) is 16.7. The number of rotatable bonds is 5. The van der Waals surface area contributed by atoms with E-state index in [2.05, 4.69) is 0 Å². The fourth-order valence-corrected chi connectivity index (χ4v) is 5.66. The molecule has 152 valence electrons. The van der Waals surface area contributed by atoms with Gasteiger partial charge in [-0.3, -0.25) is 19.0 Å². The van der Waals surface area contributed by atoms with Gasteiger partial charge in [0.15, 0.2) is 5.16 Å². The Bertz CT molecular complexity index is 980. The number of thiophene rings is 1.